The molecule has 1 atom stereocenters. The number of hydrogen-bond acceptors (Lipinski definition) is 6. The molecule has 0 bridgehead atoms. The van der Waals surface area contributed by atoms with Gasteiger partial charge in [0, 0.05) is 37.5 Å². The molecule has 166 valence electrons. The third-order valence-corrected chi connectivity index (χ3v) is 6.29. The van der Waals surface area contributed by atoms with Gasteiger partial charge in [-0.15, -0.1) is 0 Å². The summed E-state index contributed by atoms with van der Waals surface area (Å²) in [6.07, 6.45) is 6.39. The smallest absolute Gasteiger partial charge is 0.329 e. The molecule has 9 nitrogen and oxygen atoms in total. The number of hydrogen-bond donors (Lipinski definition) is 2. The van der Waals surface area contributed by atoms with Gasteiger partial charge in [-0.3, -0.25) is 19.1 Å². The third kappa shape index (κ3) is 4.10. The monoisotopic (exact) mass is 435 g/mol. The molecule has 1 unspecified atom stereocenters. The predicted molar refractivity (Wildman–Crippen MR) is 118 cm³/mol. The SMILES string of the molecule is O=C(c1ccno1)N1CCCC(Cn2c(=O)cc(Nc3ccc4c(c3)CCC4)[nH]c2=O)C1. The highest BCUT2D eigenvalue weighted by Crippen LogP contribution is 2.26. The Bertz CT molecular complexity index is 1210. The van der Waals surface area contributed by atoms with E-state index in [2.05, 4.69) is 27.6 Å². The number of piperidine rings is 1. The first-order chi connectivity index (χ1) is 15.6. The molecule has 3 aromatic rings. The van der Waals surface area contributed by atoms with Gasteiger partial charge < -0.3 is 14.7 Å². The predicted octanol–water partition coefficient (Wildman–Crippen LogP) is 2.31. The first-order valence-corrected chi connectivity index (χ1v) is 11.0. The quantitative estimate of drug-likeness (QED) is 0.636. The van der Waals surface area contributed by atoms with Gasteiger partial charge in [0.1, 0.15) is 5.82 Å². The van der Waals surface area contributed by atoms with Crippen LogP contribution in [0.1, 0.15) is 40.9 Å². The summed E-state index contributed by atoms with van der Waals surface area (Å²) in [6.45, 7) is 1.33. The Hall–Kier alpha value is -3.62. The number of rotatable bonds is 5. The van der Waals surface area contributed by atoms with Crippen LogP contribution in [0.4, 0.5) is 11.5 Å². The Morgan fingerprint density at radius 1 is 1.16 bits per heavy atom. The standard InChI is InChI=1S/C23H25N5O4/c29-21-12-20(25-18-7-6-16-4-1-5-17(16)11-18)26-23(31)28(21)14-15-3-2-10-27(13-15)22(30)19-8-9-24-32-19/h6-9,11-12,15,25H,1-5,10,13-14H2,(H,26,31). The van der Waals surface area contributed by atoms with E-state index in [9.17, 15) is 14.4 Å². The molecule has 0 radical (unpaired) electrons. The van der Waals surface area contributed by atoms with Crippen molar-refractivity contribution in [2.45, 2.75) is 38.6 Å². The molecular formula is C23H25N5O4. The average molecular weight is 435 g/mol. The number of nitrogens with one attached hydrogen (secondary N) is 2. The molecule has 1 saturated heterocycles. The average Bonchev–Trinajstić information content (AvgIpc) is 3.48. The number of fused-ring (bicyclic) bond motifs is 1. The molecule has 2 aromatic heterocycles. The maximum absolute atomic E-state index is 12.7. The van der Waals surface area contributed by atoms with Crippen LogP contribution in [0.2, 0.25) is 0 Å². The van der Waals surface area contributed by atoms with E-state index in [0.717, 1.165) is 37.8 Å². The molecule has 32 heavy (non-hydrogen) atoms. The highest BCUT2D eigenvalue weighted by Gasteiger charge is 2.27. The Kier molecular flexibility index (Phi) is 5.38. The van der Waals surface area contributed by atoms with Gasteiger partial charge >= 0.3 is 5.69 Å². The lowest BCUT2D eigenvalue weighted by Gasteiger charge is -2.32. The molecule has 1 aromatic carbocycles. The summed E-state index contributed by atoms with van der Waals surface area (Å²) in [7, 11) is 0. The number of aromatic nitrogens is 3. The normalized spacial score (nSPS) is 17.9. The van der Waals surface area contributed by atoms with Crippen molar-refractivity contribution >= 4 is 17.4 Å². The van der Waals surface area contributed by atoms with E-state index >= 15 is 0 Å². The van der Waals surface area contributed by atoms with E-state index < -0.39 is 5.69 Å². The number of nitrogens with zero attached hydrogens (tertiary/aromatic N) is 3. The molecule has 9 heteroatoms. The van der Waals surface area contributed by atoms with Crippen molar-refractivity contribution in [1.29, 1.82) is 0 Å². The number of anilines is 2. The zero-order chi connectivity index (χ0) is 22.1. The maximum atomic E-state index is 12.7. The zero-order valence-corrected chi connectivity index (χ0v) is 17.7. The van der Waals surface area contributed by atoms with Gasteiger partial charge in [0.2, 0.25) is 5.76 Å². The number of carbonyl (C=O) groups is 1. The molecule has 1 amide bonds. The van der Waals surface area contributed by atoms with E-state index in [-0.39, 0.29) is 29.7 Å². The van der Waals surface area contributed by atoms with Gasteiger partial charge in [0.25, 0.3) is 11.5 Å². The largest absolute Gasteiger partial charge is 0.351 e. The molecular weight excluding hydrogens is 410 g/mol. The first-order valence-electron chi connectivity index (χ1n) is 11.0. The number of H-pyrrole nitrogens is 1. The molecule has 2 aliphatic rings. The van der Waals surface area contributed by atoms with Crippen LogP contribution in [0.3, 0.4) is 0 Å². The van der Waals surface area contributed by atoms with Gasteiger partial charge in [-0.25, -0.2) is 4.79 Å². The number of carbonyl (C=O) groups excluding carboxylic acids is 1. The Labute approximate surface area is 184 Å². The fraction of sp³-hybridized carbons (Fsp3) is 0.391. The third-order valence-electron chi connectivity index (χ3n) is 6.29. The molecule has 2 N–H and O–H groups in total. The molecule has 3 heterocycles. The van der Waals surface area contributed by atoms with Crippen molar-refractivity contribution in [3.63, 3.8) is 0 Å². The summed E-state index contributed by atoms with van der Waals surface area (Å²) in [5.41, 5.74) is 2.71. The van der Waals surface area contributed by atoms with Crippen molar-refractivity contribution < 1.29 is 9.32 Å². The van der Waals surface area contributed by atoms with Crippen molar-refractivity contribution in [2.75, 3.05) is 18.4 Å². The lowest BCUT2D eigenvalue weighted by atomic mass is 9.97. The Balaban J connectivity index is 1.29. The highest BCUT2D eigenvalue weighted by molar-refractivity contribution is 5.91. The minimum Gasteiger partial charge on any atom is -0.351 e. The van der Waals surface area contributed by atoms with Crippen LogP contribution in [0.5, 0.6) is 0 Å². The molecule has 0 saturated carbocycles. The van der Waals surface area contributed by atoms with E-state index in [4.69, 9.17) is 4.52 Å². The first kappa shape index (κ1) is 20.3. The van der Waals surface area contributed by atoms with Crippen LogP contribution in [0.15, 0.2) is 50.6 Å². The van der Waals surface area contributed by atoms with Gasteiger partial charge in [-0.1, -0.05) is 11.2 Å². The summed E-state index contributed by atoms with van der Waals surface area (Å²) in [5.74, 6) is 0.356. The second-order valence-corrected chi connectivity index (χ2v) is 8.54. The lowest BCUT2D eigenvalue weighted by Crippen LogP contribution is -2.44. The van der Waals surface area contributed by atoms with Crippen molar-refractivity contribution in [2.24, 2.45) is 5.92 Å². The molecule has 1 aliphatic carbocycles. The maximum Gasteiger partial charge on any atom is 0.329 e. The second-order valence-electron chi connectivity index (χ2n) is 8.54. The molecule has 1 aliphatic heterocycles. The van der Waals surface area contributed by atoms with E-state index in [1.165, 1.54) is 34.0 Å². The van der Waals surface area contributed by atoms with Gasteiger partial charge in [-0.2, -0.15) is 0 Å². The Morgan fingerprint density at radius 2 is 2.03 bits per heavy atom. The number of benzene rings is 1. The summed E-state index contributed by atoms with van der Waals surface area (Å²) in [6, 6.07) is 9.09. The fourth-order valence-electron chi connectivity index (χ4n) is 4.70. The summed E-state index contributed by atoms with van der Waals surface area (Å²) in [4.78, 5) is 42.4. The fourth-order valence-corrected chi connectivity index (χ4v) is 4.70. The van der Waals surface area contributed by atoms with Crippen molar-refractivity contribution in [1.82, 2.24) is 19.6 Å². The van der Waals surface area contributed by atoms with Gasteiger partial charge in [-0.05, 0) is 61.3 Å². The van der Waals surface area contributed by atoms with Crippen LogP contribution < -0.4 is 16.6 Å². The number of likely N-dealkylation sites (tertiary alicyclic amines) is 1. The lowest BCUT2D eigenvalue weighted by molar-refractivity contribution is 0.0619. The Morgan fingerprint density at radius 3 is 2.84 bits per heavy atom. The van der Waals surface area contributed by atoms with Crippen LogP contribution in [-0.2, 0) is 19.4 Å². The minimum absolute atomic E-state index is 0.00458. The van der Waals surface area contributed by atoms with Crippen LogP contribution in [0.25, 0.3) is 0 Å². The zero-order valence-electron chi connectivity index (χ0n) is 17.7. The summed E-state index contributed by atoms with van der Waals surface area (Å²) in [5, 5.41) is 6.73. The van der Waals surface area contributed by atoms with E-state index in [1.54, 1.807) is 4.90 Å². The summed E-state index contributed by atoms with van der Waals surface area (Å²) >= 11 is 0. The van der Waals surface area contributed by atoms with E-state index in [1.807, 2.05) is 6.07 Å². The number of aromatic amines is 1. The molecule has 5 rings (SSSR count). The topological polar surface area (TPSA) is 113 Å². The van der Waals surface area contributed by atoms with Crippen molar-refractivity contribution in [3.8, 4) is 0 Å². The van der Waals surface area contributed by atoms with Crippen LogP contribution in [0, 0.1) is 5.92 Å². The molecule has 0 spiro atoms. The minimum atomic E-state index is -0.458. The van der Waals surface area contributed by atoms with Gasteiger partial charge in [0.05, 0.1) is 6.20 Å². The number of aryl methyl sites for hydroxylation is 2. The molecule has 1 fully saturated rings. The van der Waals surface area contributed by atoms with Crippen LogP contribution >= 0.6 is 0 Å². The van der Waals surface area contributed by atoms with Crippen molar-refractivity contribution in [3.05, 3.63) is 74.3 Å². The summed E-state index contributed by atoms with van der Waals surface area (Å²) < 4.78 is 6.18. The van der Waals surface area contributed by atoms with Gasteiger partial charge in [0.15, 0.2) is 0 Å². The van der Waals surface area contributed by atoms with E-state index in [0.29, 0.717) is 18.9 Å². The highest BCUT2D eigenvalue weighted by atomic mass is 16.5. The second kappa shape index (κ2) is 8.49. The number of amides is 1. The van der Waals surface area contributed by atoms with Crippen LogP contribution in [-0.4, -0.2) is 38.6 Å².